The number of piperidine rings is 1. The van der Waals surface area contributed by atoms with Crippen molar-refractivity contribution >= 4 is 25.8 Å². The van der Waals surface area contributed by atoms with Crippen LogP contribution in [0.5, 0.6) is 0 Å². The Hall–Kier alpha value is -1.45. The number of hydrogen-bond donors (Lipinski definition) is 0. The van der Waals surface area contributed by atoms with Crippen LogP contribution in [-0.2, 0) is 24.7 Å². The van der Waals surface area contributed by atoms with Crippen LogP contribution in [0.4, 0.5) is 0 Å². The Labute approximate surface area is 155 Å². The smallest absolute Gasteiger partial charge is 0.225 e. The van der Waals surface area contributed by atoms with Crippen molar-refractivity contribution in [1.29, 1.82) is 0 Å². The lowest BCUT2D eigenvalue weighted by Crippen LogP contribution is -2.44. The van der Waals surface area contributed by atoms with Crippen LogP contribution in [0.1, 0.15) is 19.3 Å². The van der Waals surface area contributed by atoms with E-state index in [-0.39, 0.29) is 18.4 Å². The summed E-state index contributed by atoms with van der Waals surface area (Å²) in [4.78, 5) is 14.7. The monoisotopic (exact) mass is 400 g/mol. The van der Waals surface area contributed by atoms with Gasteiger partial charge >= 0.3 is 0 Å². The Morgan fingerprint density at radius 1 is 0.962 bits per heavy atom. The number of benzene rings is 1. The third-order valence-corrected chi connectivity index (χ3v) is 8.73. The zero-order valence-corrected chi connectivity index (χ0v) is 16.4. The molecule has 1 amide bonds. The van der Waals surface area contributed by atoms with Gasteiger partial charge in [-0.1, -0.05) is 18.2 Å². The zero-order valence-electron chi connectivity index (χ0n) is 14.7. The van der Waals surface area contributed by atoms with Crippen molar-refractivity contribution in [2.45, 2.75) is 29.4 Å². The molecule has 0 aromatic heterocycles. The minimum atomic E-state index is -3.45. The average molecular weight is 401 g/mol. The molecule has 9 heteroatoms. The van der Waals surface area contributed by atoms with Crippen LogP contribution in [0.3, 0.4) is 0 Å². The highest BCUT2D eigenvalue weighted by Gasteiger charge is 2.39. The van der Waals surface area contributed by atoms with Crippen LogP contribution in [0, 0.1) is 5.92 Å². The highest BCUT2D eigenvalue weighted by molar-refractivity contribution is 7.92. The third-order valence-electron chi connectivity index (χ3n) is 5.24. The van der Waals surface area contributed by atoms with Crippen LogP contribution in [-0.4, -0.2) is 69.6 Å². The van der Waals surface area contributed by atoms with E-state index in [1.807, 2.05) is 0 Å². The SMILES string of the molecule is CS(=O)(=O)N1CCC(C(=O)N2CC[C@H](S(=O)(=O)c3ccccc3)C2)CC1. The lowest BCUT2D eigenvalue weighted by molar-refractivity contribution is -0.135. The van der Waals surface area contributed by atoms with Crippen molar-refractivity contribution < 1.29 is 21.6 Å². The number of rotatable bonds is 4. The number of likely N-dealkylation sites (tertiary alicyclic amines) is 1. The molecule has 2 saturated heterocycles. The Morgan fingerprint density at radius 2 is 1.58 bits per heavy atom. The number of carbonyl (C=O) groups excluding carboxylic acids is 1. The van der Waals surface area contributed by atoms with Gasteiger partial charge in [0.25, 0.3) is 0 Å². The van der Waals surface area contributed by atoms with Gasteiger partial charge in [-0.2, -0.15) is 0 Å². The molecule has 2 aliphatic heterocycles. The Balaban J connectivity index is 1.62. The van der Waals surface area contributed by atoms with Gasteiger partial charge in [0.15, 0.2) is 9.84 Å². The topological polar surface area (TPSA) is 91.8 Å². The van der Waals surface area contributed by atoms with Crippen molar-refractivity contribution in [1.82, 2.24) is 9.21 Å². The molecule has 0 spiro atoms. The van der Waals surface area contributed by atoms with E-state index in [0.29, 0.717) is 43.8 Å². The lowest BCUT2D eigenvalue weighted by atomic mass is 9.97. The van der Waals surface area contributed by atoms with Gasteiger partial charge in [-0.3, -0.25) is 4.79 Å². The Kier molecular flexibility index (Phi) is 5.41. The van der Waals surface area contributed by atoms with Gasteiger partial charge in [-0.25, -0.2) is 21.1 Å². The fourth-order valence-electron chi connectivity index (χ4n) is 3.68. The van der Waals surface area contributed by atoms with Gasteiger partial charge in [0.05, 0.1) is 16.4 Å². The first-order valence-corrected chi connectivity index (χ1v) is 12.1. The molecule has 0 unspecified atom stereocenters. The molecule has 1 aromatic rings. The molecule has 7 nitrogen and oxygen atoms in total. The summed E-state index contributed by atoms with van der Waals surface area (Å²) in [6.07, 6.45) is 2.58. The number of amides is 1. The Morgan fingerprint density at radius 3 is 2.15 bits per heavy atom. The quantitative estimate of drug-likeness (QED) is 0.743. The van der Waals surface area contributed by atoms with Crippen molar-refractivity contribution in [2.24, 2.45) is 5.92 Å². The van der Waals surface area contributed by atoms with Crippen LogP contribution >= 0.6 is 0 Å². The summed E-state index contributed by atoms with van der Waals surface area (Å²) in [5.41, 5.74) is 0. The summed E-state index contributed by atoms with van der Waals surface area (Å²) in [5, 5.41) is -0.579. The molecule has 3 rings (SSSR count). The summed E-state index contributed by atoms with van der Waals surface area (Å²) in [6, 6.07) is 8.33. The maximum absolute atomic E-state index is 12.7. The molecule has 0 radical (unpaired) electrons. The van der Waals surface area contributed by atoms with E-state index in [1.54, 1.807) is 35.2 Å². The van der Waals surface area contributed by atoms with Gasteiger partial charge in [0.2, 0.25) is 15.9 Å². The zero-order chi connectivity index (χ0) is 18.9. The van der Waals surface area contributed by atoms with Gasteiger partial charge in [0.1, 0.15) is 0 Å². The fourth-order valence-corrected chi connectivity index (χ4v) is 6.26. The first-order chi connectivity index (χ1) is 12.2. The number of sulfone groups is 1. The Bertz CT molecular complexity index is 860. The molecule has 26 heavy (non-hydrogen) atoms. The van der Waals surface area contributed by atoms with Gasteiger partial charge in [-0.15, -0.1) is 0 Å². The second kappa shape index (κ2) is 7.28. The van der Waals surface area contributed by atoms with Crippen molar-refractivity contribution in [3.8, 4) is 0 Å². The second-order valence-electron chi connectivity index (χ2n) is 6.99. The predicted molar refractivity (Wildman–Crippen MR) is 97.8 cm³/mol. The van der Waals surface area contributed by atoms with Crippen molar-refractivity contribution in [2.75, 3.05) is 32.4 Å². The number of nitrogens with zero attached hydrogens (tertiary/aromatic N) is 2. The number of carbonyl (C=O) groups is 1. The van der Waals surface area contributed by atoms with E-state index in [2.05, 4.69) is 0 Å². The van der Waals surface area contributed by atoms with Crippen molar-refractivity contribution in [3.63, 3.8) is 0 Å². The predicted octanol–water partition coefficient (Wildman–Crippen LogP) is 0.733. The molecular formula is C17H24N2O5S2. The second-order valence-corrected chi connectivity index (χ2v) is 11.2. The van der Waals surface area contributed by atoms with Crippen molar-refractivity contribution in [3.05, 3.63) is 30.3 Å². The van der Waals surface area contributed by atoms with Gasteiger partial charge < -0.3 is 4.90 Å². The van der Waals surface area contributed by atoms with Gasteiger partial charge in [-0.05, 0) is 31.4 Å². The average Bonchev–Trinajstić information content (AvgIpc) is 3.12. The molecule has 0 N–H and O–H groups in total. The van der Waals surface area contributed by atoms with E-state index in [0.717, 1.165) is 0 Å². The summed E-state index contributed by atoms with van der Waals surface area (Å²) < 4.78 is 50.0. The molecule has 0 bridgehead atoms. The number of sulfonamides is 1. The fraction of sp³-hybridized carbons (Fsp3) is 0.588. The van der Waals surface area contributed by atoms with E-state index < -0.39 is 25.1 Å². The molecular weight excluding hydrogens is 376 g/mol. The summed E-state index contributed by atoms with van der Waals surface area (Å²) in [5.74, 6) is -0.282. The third kappa shape index (κ3) is 3.94. The van der Waals surface area contributed by atoms with Crippen LogP contribution in [0.15, 0.2) is 35.2 Å². The standard InChI is InChI=1S/C17H24N2O5S2/c1-25(21,22)19-11-7-14(8-12-19)17(20)18-10-9-16(13-18)26(23,24)15-5-3-2-4-6-15/h2-6,14,16H,7-13H2,1H3/t16-/m0/s1. The molecule has 2 heterocycles. The first kappa shape index (κ1) is 19.3. The molecule has 144 valence electrons. The maximum atomic E-state index is 12.7. The van der Waals surface area contributed by atoms with Crippen LogP contribution in [0.2, 0.25) is 0 Å². The van der Waals surface area contributed by atoms with Gasteiger partial charge in [0, 0.05) is 32.1 Å². The highest BCUT2D eigenvalue weighted by Crippen LogP contribution is 2.27. The van der Waals surface area contributed by atoms with E-state index in [9.17, 15) is 21.6 Å². The van der Waals surface area contributed by atoms with E-state index in [4.69, 9.17) is 0 Å². The minimum absolute atomic E-state index is 0.0519. The number of hydrogen-bond acceptors (Lipinski definition) is 5. The minimum Gasteiger partial charge on any atom is -0.341 e. The van der Waals surface area contributed by atoms with Crippen LogP contribution in [0.25, 0.3) is 0 Å². The highest BCUT2D eigenvalue weighted by atomic mass is 32.2. The largest absolute Gasteiger partial charge is 0.341 e. The summed E-state index contributed by atoms with van der Waals surface area (Å²) in [6.45, 7) is 1.33. The lowest BCUT2D eigenvalue weighted by Gasteiger charge is -2.31. The van der Waals surface area contributed by atoms with E-state index >= 15 is 0 Å². The summed E-state index contributed by atoms with van der Waals surface area (Å²) in [7, 11) is -6.67. The molecule has 2 fully saturated rings. The molecule has 2 aliphatic rings. The van der Waals surface area contributed by atoms with Crippen LogP contribution < -0.4 is 0 Å². The molecule has 0 aliphatic carbocycles. The first-order valence-electron chi connectivity index (χ1n) is 8.72. The van der Waals surface area contributed by atoms with E-state index in [1.165, 1.54) is 10.6 Å². The maximum Gasteiger partial charge on any atom is 0.225 e. The normalized spacial score (nSPS) is 23.3. The molecule has 1 aromatic carbocycles. The molecule has 0 saturated carbocycles. The molecule has 1 atom stereocenters. The summed E-state index contributed by atoms with van der Waals surface area (Å²) >= 11 is 0.